The summed E-state index contributed by atoms with van der Waals surface area (Å²) in [4.78, 5) is 0. The third-order valence-electron chi connectivity index (χ3n) is 2.12. The molecule has 0 bridgehead atoms. The first-order chi connectivity index (χ1) is 10.3. The van der Waals surface area contributed by atoms with Gasteiger partial charge in [0, 0.05) is 5.56 Å². The molecule has 10 heteroatoms. The zero-order valence-electron chi connectivity index (χ0n) is 10.7. The second-order valence-electron chi connectivity index (χ2n) is 3.76. The molecule has 1 aromatic rings. The molecule has 1 unspecified atom stereocenters. The van der Waals surface area contributed by atoms with E-state index in [9.17, 15) is 16.8 Å². The van der Waals surface area contributed by atoms with Gasteiger partial charge in [-0.15, -0.1) is 27.7 Å². The van der Waals surface area contributed by atoms with Gasteiger partial charge in [0.05, 0.1) is 0 Å². The van der Waals surface area contributed by atoms with Gasteiger partial charge in [-0.3, -0.25) is 0 Å². The molecule has 0 radical (unpaired) electrons. The SMILES string of the molecule is C#CP1(C#CC#Cc2ccccc2)=NP(F)(F)=NP(F)(F)=N1. The van der Waals surface area contributed by atoms with Crippen molar-refractivity contribution in [3.05, 3.63) is 35.9 Å². The quantitative estimate of drug-likeness (QED) is 0.288. The predicted octanol–water partition coefficient (Wildman–Crippen LogP) is 6.49. The van der Waals surface area contributed by atoms with Crippen LogP contribution in [-0.4, -0.2) is 0 Å². The van der Waals surface area contributed by atoms with Gasteiger partial charge in [0.25, 0.3) is 0 Å². The first-order valence-corrected chi connectivity index (χ1v) is 10.2. The predicted molar refractivity (Wildman–Crippen MR) is 82.4 cm³/mol. The molecule has 0 fully saturated rings. The van der Waals surface area contributed by atoms with Crippen LogP contribution in [0.3, 0.4) is 0 Å². The van der Waals surface area contributed by atoms with Crippen LogP contribution in [0.1, 0.15) is 5.56 Å². The van der Waals surface area contributed by atoms with Gasteiger partial charge < -0.3 is 0 Å². The highest BCUT2D eigenvalue weighted by molar-refractivity contribution is 7.86. The maximum atomic E-state index is 13.3. The molecular formula is C12H6F4N3P3. The highest BCUT2D eigenvalue weighted by atomic mass is 31.3. The van der Waals surface area contributed by atoms with Crippen molar-refractivity contribution in [1.29, 1.82) is 0 Å². The van der Waals surface area contributed by atoms with Crippen molar-refractivity contribution in [1.82, 2.24) is 0 Å². The molecule has 1 aliphatic heterocycles. The van der Waals surface area contributed by atoms with Crippen LogP contribution in [0.2, 0.25) is 0 Å². The molecule has 0 spiro atoms. The zero-order valence-corrected chi connectivity index (χ0v) is 13.3. The number of nitrogens with zero attached hydrogens (tertiary/aromatic N) is 3. The van der Waals surface area contributed by atoms with Crippen molar-refractivity contribution in [2.45, 2.75) is 0 Å². The Morgan fingerprint density at radius 3 is 2.09 bits per heavy atom. The molecule has 1 aliphatic rings. The number of terminal acetylenes is 1. The molecule has 0 aromatic heterocycles. The van der Waals surface area contributed by atoms with Gasteiger partial charge in [0.15, 0.2) is 0 Å². The Morgan fingerprint density at radius 2 is 1.50 bits per heavy atom. The van der Waals surface area contributed by atoms with Crippen molar-refractivity contribution in [3.63, 3.8) is 0 Å². The average molecular weight is 361 g/mol. The topological polar surface area (TPSA) is 37.1 Å². The Morgan fingerprint density at radius 1 is 0.864 bits per heavy atom. The van der Waals surface area contributed by atoms with Crippen LogP contribution in [0.25, 0.3) is 0 Å². The zero-order chi connectivity index (χ0) is 16.3. The van der Waals surface area contributed by atoms with Crippen molar-refractivity contribution >= 4 is 22.9 Å². The summed E-state index contributed by atoms with van der Waals surface area (Å²) < 4.78 is 61.0. The van der Waals surface area contributed by atoms with Crippen LogP contribution < -0.4 is 0 Å². The lowest BCUT2D eigenvalue weighted by Crippen LogP contribution is -1.75. The first-order valence-electron chi connectivity index (χ1n) is 5.52. The summed E-state index contributed by atoms with van der Waals surface area (Å²) in [7, 11) is -14.9. The highest BCUT2D eigenvalue weighted by Crippen LogP contribution is 2.80. The van der Waals surface area contributed by atoms with Crippen molar-refractivity contribution < 1.29 is 16.8 Å². The van der Waals surface area contributed by atoms with Crippen LogP contribution in [0.4, 0.5) is 16.8 Å². The molecule has 0 saturated carbocycles. The summed E-state index contributed by atoms with van der Waals surface area (Å²) in [5.41, 5.74) is 4.55. The van der Waals surface area contributed by atoms with Gasteiger partial charge in [0.1, 0.15) is 0 Å². The molecular weight excluding hydrogens is 355 g/mol. The summed E-state index contributed by atoms with van der Waals surface area (Å²) in [6.45, 7) is 0. The number of hydrogen-bond acceptors (Lipinski definition) is 3. The third-order valence-corrected chi connectivity index (χ3v) is 8.42. The Labute approximate surface area is 125 Å². The van der Waals surface area contributed by atoms with Gasteiger partial charge in [-0.05, 0) is 35.3 Å². The number of hydrogen-bond donors (Lipinski definition) is 0. The second-order valence-corrected chi connectivity index (χ2v) is 9.42. The molecule has 0 amide bonds. The number of halogens is 4. The molecule has 1 atom stereocenters. The van der Waals surface area contributed by atoms with E-state index in [2.05, 4.69) is 37.0 Å². The van der Waals surface area contributed by atoms with Gasteiger partial charge in [0.2, 0.25) is 7.21 Å². The van der Waals surface area contributed by atoms with E-state index in [1.165, 1.54) is 0 Å². The molecule has 0 saturated heterocycles. The van der Waals surface area contributed by atoms with Crippen LogP contribution in [0.15, 0.2) is 43.9 Å². The summed E-state index contributed by atoms with van der Waals surface area (Å²) in [6, 6.07) is 8.69. The van der Waals surface area contributed by atoms with E-state index in [1.54, 1.807) is 36.0 Å². The van der Waals surface area contributed by atoms with Crippen LogP contribution in [-0.2, 0) is 0 Å². The lowest BCUT2D eigenvalue weighted by atomic mass is 10.2. The molecule has 1 heterocycles. The Kier molecular flexibility index (Phi) is 4.70. The lowest BCUT2D eigenvalue weighted by Gasteiger charge is -2.13. The smallest absolute Gasteiger partial charge is 0.161 e. The van der Waals surface area contributed by atoms with E-state index in [0.29, 0.717) is 5.56 Å². The van der Waals surface area contributed by atoms with E-state index in [0.717, 1.165) is 0 Å². The number of rotatable bonds is 0. The van der Waals surface area contributed by atoms with Crippen LogP contribution >= 0.6 is 22.9 Å². The van der Waals surface area contributed by atoms with Crippen molar-refractivity contribution in [2.24, 2.45) is 13.5 Å². The Bertz CT molecular complexity index is 920. The van der Waals surface area contributed by atoms with Gasteiger partial charge >= 0.3 is 15.7 Å². The summed E-state index contributed by atoms with van der Waals surface area (Å²) in [5.74, 6) is 7.20. The standard InChI is InChI=1S/C12H6F4N3P3/c1-2-20(17-21(13,14)19-22(15,16)18-20)11-7-6-10-12-8-4-3-5-9-12/h1,3-5,8-9H. The fourth-order valence-corrected chi connectivity index (χ4v) is 7.32. The molecule has 1 aromatic carbocycles. The highest BCUT2D eigenvalue weighted by Gasteiger charge is 2.36. The van der Waals surface area contributed by atoms with E-state index in [1.807, 2.05) is 0 Å². The van der Waals surface area contributed by atoms with E-state index in [-0.39, 0.29) is 0 Å². The minimum absolute atomic E-state index is 0.632. The average Bonchev–Trinajstić information content (AvgIpc) is 2.41. The minimum Gasteiger partial charge on any atom is -0.161 e. The van der Waals surface area contributed by atoms with E-state index < -0.39 is 22.9 Å². The first kappa shape index (κ1) is 16.7. The largest absolute Gasteiger partial charge is 0.422 e. The maximum absolute atomic E-state index is 13.3. The van der Waals surface area contributed by atoms with Gasteiger partial charge in [-0.25, -0.2) is 0 Å². The van der Waals surface area contributed by atoms with Crippen molar-refractivity contribution in [2.75, 3.05) is 0 Å². The summed E-state index contributed by atoms with van der Waals surface area (Å²) in [5, 5.41) is 0. The van der Waals surface area contributed by atoms with Gasteiger partial charge in [-0.2, -0.15) is 9.03 Å². The summed E-state index contributed by atoms with van der Waals surface area (Å²) >= 11 is 0. The monoisotopic (exact) mass is 361 g/mol. The fourth-order valence-electron chi connectivity index (χ4n) is 1.35. The molecule has 0 aliphatic carbocycles. The minimum atomic E-state index is -5.49. The molecule has 0 N–H and O–H groups in total. The number of benzene rings is 1. The van der Waals surface area contributed by atoms with Gasteiger partial charge in [-0.1, -0.05) is 24.1 Å². The molecule has 3 nitrogen and oxygen atoms in total. The maximum Gasteiger partial charge on any atom is 0.422 e. The van der Waals surface area contributed by atoms with Crippen molar-refractivity contribution in [3.8, 4) is 35.5 Å². The van der Waals surface area contributed by atoms with E-state index in [4.69, 9.17) is 6.42 Å². The van der Waals surface area contributed by atoms with E-state index >= 15 is 0 Å². The normalized spacial score (nSPS) is 23.8. The fraction of sp³-hybridized carbons (Fsp3) is 0. The lowest BCUT2D eigenvalue weighted by molar-refractivity contribution is 0.701. The Balaban J connectivity index is 2.46. The van der Waals surface area contributed by atoms with Crippen LogP contribution in [0, 0.1) is 35.5 Å². The molecule has 22 heavy (non-hydrogen) atoms. The second kappa shape index (κ2) is 6.20. The Hall–Kier alpha value is -1.69. The molecule has 2 rings (SSSR count). The van der Waals surface area contributed by atoms with Crippen LogP contribution in [0.5, 0.6) is 0 Å². The molecule has 112 valence electrons. The summed E-state index contributed by atoms with van der Waals surface area (Å²) in [6.07, 6.45) is 5.06. The third kappa shape index (κ3) is 4.40.